The van der Waals surface area contributed by atoms with E-state index in [4.69, 9.17) is 14.8 Å². The third kappa shape index (κ3) is 5.09. The number of carbonyl (C=O) groups excluding carboxylic acids is 1. The van der Waals surface area contributed by atoms with E-state index < -0.39 is 30.0 Å². The molecule has 0 bridgehead atoms. The molecule has 0 unspecified atom stereocenters. The maximum Gasteiger partial charge on any atom is 0.298 e. The fourth-order valence-electron chi connectivity index (χ4n) is 6.07. The van der Waals surface area contributed by atoms with Crippen molar-refractivity contribution in [2.24, 2.45) is 5.92 Å². The first-order chi connectivity index (χ1) is 19.0. The zero-order chi connectivity index (χ0) is 28.8. The molecule has 2 N–H and O–H groups in total. The van der Waals surface area contributed by atoms with E-state index in [2.05, 4.69) is 10.3 Å². The molecule has 1 fully saturated rings. The van der Waals surface area contributed by atoms with E-state index in [1.54, 1.807) is 32.8 Å². The SMILES string of the molecule is Cc1nc(N[C@@H](C)c2cccc(C(F)(F)CO)c2F)c2cc(C3CCC(C(=O)N(C)C)CC3)c3c(c2n1)CCO3. The molecule has 10 heteroatoms. The molecule has 1 aromatic heterocycles. The number of fused-ring (bicyclic) bond motifs is 3. The molecule has 5 rings (SSSR count). The summed E-state index contributed by atoms with van der Waals surface area (Å²) in [6.07, 6.45) is 4.01. The van der Waals surface area contributed by atoms with Crippen LogP contribution in [0.15, 0.2) is 24.3 Å². The zero-order valence-corrected chi connectivity index (χ0v) is 23.2. The molecule has 1 atom stereocenters. The molecule has 2 aromatic carbocycles. The van der Waals surface area contributed by atoms with Crippen molar-refractivity contribution in [1.29, 1.82) is 0 Å². The number of alkyl halides is 2. The average molecular weight is 557 g/mol. The molecule has 1 aliphatic heterocycles. The van der Waals surface area contributed by atoms with Crippen LogP contribution in [-0.4, -0.2) is 53.2 Å². The van der Waals surface area contributed by atoms with Crippen molar-refractivity contribution in [3.8, 4) is 5.75 Å². The summed E-state index contributed by atoms with van der Waals surface area (Å²) in [5.41, 5.74) is 2.04. The lowest BCUT2D eigenvalue weighted by atomic mass is 9.77. The minimum Gasteiger partial charge on any atom is -0.493 e. The van der Waals surface area contributed by atoms with Crippen LogP contribution < -0.4 is 10.1 Å². The smallest absolute Gasteiger partial charge is 0.298 e. The predicted molar refractivity (Wildman–Crippen MR) is 146 cm³/mol. The van der Waals surface area contributed by atoms with Gasteiger partial charge in [-0.15, -0.1) is 0 Å². The number of aliphatic hydroxyl groups is 1. The summed E-state index contributed by atoms with van der Waals surface area (Å²) in [6, 6.07) is 5.14. The standard InChI is InChI=1S/C30H35F3N4O3/c1-16(20-6-5-7-24(25(20)31)30(32,33)15-38)34-28-23-14-22(18-8-10-19(11-9-18)29(39)37(3)4)27-21(12-13-40-27)26(23)35-17(2)36-28/h5-7,14,16,18-19,38H,8-13,15H2,1-4H3,(H,34,35,36)/t16-,18?,19?/m0/s1. The highest BCUT2D eigenvalue weighted by atomic mass is 19.3. The molecule has 1 amide bonds. The van der Waals surface area contributed by atoms with Crippen LogP contribution in [0.5, 0.6) is 5.75 Å². The number of nitrogens with zero attached hydrogens (tertiary/aromatic N) is 3. The molecule has 2 heterocycles. The Kier molecular flexibility index (Phi) is 7.65. The molecular weight excluding hydrogens is 521 g/mol. The van der Waals surface area contributed by atoms with E-state index in [1.807, 2.05) is 6.07 Å². The van der Waals surface area contributed by atoms with E-state index in [0.29, 0.717) is 24.7 Å². The van der Waals surface area contributed by atoms with E-state index in [9.17, 15) is 13.6 Å². The van der Waals surface area contributed by atoms with Crippen LogP contribution in [0.3, 0.4) is 0 Å². The van der Waals surface area contributed by atoms with Crippen LogP contribution in [0.1, 0.15) is 72.6 Å². The van der Waals surface area contributed by atoms with Crippen molar-refractivity contribution in [2.45, 2.75) is 63.8 Å². The molecule has 0 saturated heterocycles. The fourth-order valence-corrected chi connectivity index (χ4v) is 6.07. The van der Waals surface area contributed by atoms with Gasteiger partial charge < -0.3 is 20.1 Å². The van der Waals surface area contributed by atoms with E-state index in [-0.39, 0.29) is 23.3 Å². The lowest BCUT2D eigenvalue weighted by molar-refractivity contribution is -0.134. The first-order valence-corrected chi connectivity index (χ1v) is 13.7. The Balaban J connectivity index is 1.51. The largest absolute Gasteiger partial charge is 0.493 e. The summed E-state index contributed by atoms with van der Waals surface area (Å²) in [7, 11) is 3.58. The molecule has 2 aliphatic rings. The number of halogens is 3. The Labute approximate surface area is 231 Å². The van der Waals surface area contributed by atoms with Gasteiger partial charge in [-0.1, -0.05) is 12.1 Å². The Morgan fingerprint density at radius 1 is 1.23 bits per heavy atom. The fraction of sp³-hybridized carbons (Fsp3) is 0.500. The van der Waals surface area contributed by atoms with Gasteiger partial charge in [0.05, 0.1) is 23.7 Å². The number of aliphatic hydroxyl groups excluding tert-OH is 1. The Bertz CT molecular complexity index is 1440. The lowest BCUT2D eigenvalue weighted by Gasteiger charge is -2.30. The van der Waals surface area contributed by atoms with Crippen molar-refractivity contribution in [2.75, 3.05) is 32.6 Å². The first-order valence-electron chi connectivity index (χ1n) is 13.7. The second-order valence-electron chi connectivity index (χ2n) is 11.1. The van der Waals surface area contributed by atoms with Gasteiger partial charge in [-0.3, -0.25) is 4.79 Å². The van der Waals surface area contributed by atoms with Gasteiger partial charge >= 0.3 is 0 Å². The van der Waals surface area contributed by atoms with Gasteiger partial charge in [0.1, 0.15) is 29.8 Å². The van der Waals surface area contributed by atoms with Gasteiger partial charge in [0.2, 0.25) is 5.91 Å². The number of nitrogens with one attached hydrogen (secondary N) is 1. The highest BCUT2D eigenvalue weighted by Crippen LogP contribution is 2.46. The predicted octanol–water partition coefficient (Wildman–Crippen LogP) is 5.63. The topological polar surface area (TPSA) is 87.6 Å². The van der Waals surface area contributed by atoms with Crippen molar-refractivity contribution in [3.63, 3.8) is 0 Å². The highest BCUT2D eigenvalue weighted by Gasteiger charge is 2.36. The molecule has 214 valence electrons. The van der Waals surface area contributed by atoms with Gasteiger partial charge in [0, 0.05) is 42.9 Å². The summed E-state index contributed by atoms with van der Waals surface area (Å²) >= 11 is 0. The highest BCUT2D eigenvalue weighted by molar-refractivity contribution is 5.94. The molecule has 40 heavy (non-hydrogen) atoms. The molecule has 1 saturated carbocycles. The number of ether oxygens (including phenoxy) is 1. The van der Waals surface area contributed by atoms with Gasteiger partial charge in [-0.05, 0) is 63.1 Å². The van der Waals surface area contributed by atoms with E-state index in [1.165, 1.54) is 12.1 Å². The number of hydrogen-bond acceptors (Lipinski definition) is 6. The maximum absolute atomic E-state index is 15.2. The second-order valence-corrected chi connectivity index (χ2v) is 11.1. The molecule has 7 nitrogen and oxygen atoms in total. The summed E-state index contributed by atoms with van der Waals surface area (Å²) < 4.78 is 49.7. The monoisotopic (exact) mass is 556 g/mol. The number of anilines is 1. The second kappa shape index (κ2) is 10.9. The van der Waals surface area contributed by atoms with E-state index >= 15 is 4.39 Å². The maximum atomic E-state index is 15.2. The van der Waals surface area contributed by atoms with Crippen LogP contribution in [0.4, 0.5) is 19.0 Å². The summed E-state index contributed by atoms with van der Waals surface area (Å²) in [6.45, 7) is 2.53. The van der Waals surface area contributed by atoms with Crippen LogP contribution in [0.25, 0.3) is 10.9 Å². The van der Waals surface area contributed by atoms with Crippen molar-refractivity contribution in [1.82, 2.24) is 14.9 Å². The number of aryl methyl sites for hydroxylation is 1. The number of aromatic nitrogens is 2. The van der Waals surface area contributed by atoms with Crippen molar-refractivity contribution in [3.05, 3.63) is 58.2 Å². The van der Waals surface area contributed by atoms with Gasteiger partial charge in [-0.2, -0.15) is 8.78 Å². The summed E-state index contributed by atoms with van der Waals surface area (Å²) in [5, 5.41) is 13.1. The normalized spacial score (nSPS) is 19.7. The Morgan fingerprint density at radius 3 is 2.62 bits per heavy atom. The molecular formula is C30H35F3N4O3. The molecule has 3 aromatic rings. The Hall–Kier alpha value is -3.40. The first kappa shape index (κ1) is 28.1. The minimum absolute atomic E-state index is 0.0219. The number of amides is 1. The number of rotatable bonds is 7. The van der Waals surface area contributed by atoms with Gasteiger partial charge in [0.25, 0.3) is 5.92 Å². The number of benzene rings is 2. The average Bonchev–Trinajstić information content (AvgIpc) is 3.43. The number of hydrogen-bond donors (Lipinski definition) is 2. The van der Waals surface area contributed by atoms with Crippen LogP contribution in [0, 0.1) is 18.7 Å². The number of carbonyl (C=O) groups is 1. The van der Waals surface area contributed by atoms with Crippen LogP contribution >= 0.6 is 0 Å². The van der Waals surface area contributed by atoms with E-state index in [0.717, 1.165) is 59.5 Å². The van der Waals surface area contributed by atoms with Gasteiger partial charge in [0.15, 0.2) is 0 Å². The Morgan fingerprint density at radius 2 is 1.95 bits per heavy atom. The molecule has 0 radical (unpaired) electrons. The van der Waals surface area contributed by atoms with Crippen LogP contribution in [0.2, 0.25) is 0 Å². The van der Waals surface area contributed by atoms with Crippen molar-refractivity contribution < 1.29 is 27.8 Å². The summed E-state index contributed by atoms with van der Waals surface area (Å²) in [5.74, 6) is -2.49. The van der Waals surface area contributed by atoms with Gasteiger partial charge in [-0.25, -0.2) is 14.4 Å². The summed E-state index contributed by atoms with van der Waals surface area (Å²) in [4.78, 5) is 23.5. The molecule has 0 spiro atoms. The lowest BCUT2D eigenvalue weighted by Crippen LogP contribution is -2.32. The third-order valence-corrected chi connectivity index (χ3v) is 8.18. The quantitative estimate of drug-likeness (QED) is 0.392. The van der Waals surface area contributed by atoms with Crippen LogP contribution in [-0.2, 0) is 17.1 Å². The molecule has 1 aliphatic carbocycles. The third-order valence-electron chi connectivity index (χ3n) is 8.18. The van der Waals surface area contributed by atoms with Crippen molar-refractivity contribution >= 4 is 22.6 Å². The zero-order valence-electron chi connectivity index (χ0n) is 23.2. The minimum atomic E-state index is -3.69.